The average Bonchev–Trinajstić information content (AvgIpc) is 2.45. The molecule has 7 nitrogen and oxygen atoms in total. The molecule has 0 radical (unpaired) electrons. The fourth-order valence-corrected chi connectivity index (χ4v) is 2.88. The van der Waals surface area contributed by atoms with Crippen molar-refractivity contribution in [3.8, 4) is 0 Å². The zero-order valence-corrected chi connectivity index (χ0v) is 12.8. The number of rotatable bonds is 6. The summed E-state index contributed by atoms with van der Waals surface area (Å²) in [6.45, 7) is 1.33. The van der Waals surface area contributed by atoms with E-state index in [0.29, 0.717) is 12.0 Å². The van der Waals surface area contributed by atoms with Gasteiger partial charge in [-0.2, -0.15) is 4.31 Å². The van der Waals surface area contributed by atoms with E-state index in [1.165, 1.54) is 19.2 Å². The number of carbonyl (C=O) groups excluding carboxylic acids is 1. The van der Waals surface area contributed by atoms with E-state index in [1.54, 1.807) is 6.92 Å². The molecule has 0 aliphatic heterocycles. The third-order valence-electron chi connectivity index (χ3n) is 2.98. The van der Waals surface area contributed by atoms with Crippen molar-refractivity contribution < 1.29 is 27.9 Å². The maximum Gasteiger partial charge on any atom is 0.336 e. The van der Waals surface area contributed by atoms with E-state index >= 15 is 0 Å². The van der Waals surface area contributed by atoms with Crippen LogP contribution in [0.5, 0.6) is 0 Å². The van der Waals surface area contributed by atoms with Crippen LogP contribution in [0.3, 0.4) is 0 Å². The van der Waals surface area contributed by atoms with Crippen LogP contribution in [0.25, 0.3) is 0 Å². The molecular weight excluding hydrogens is 298 g/mol. The molecule has 1 aromatic rings. The summed E-state index contributed by atoms with van der Waals surface area (Å²) in [5.74, 6) is -1.90. The highest BCUT2D eigenvalue weighted by Gasteiger charge is 2.25. The van der Waals surface area contributed by atoms with Crippen LogP contribution in [0, 0.1) is 0 Å². The molecule has 1 N–H and O–H groups in total. The number of sulfonamides is 1. The smallest absolute Gasteiger partial charge is 0.336 e. The quantitative estimate of drug-likeness (QED) is 0.777. The van der Waals surface area contributed by atoms with Gasteiger partial charge < -0.3 is 9.84 Å². The van der Waals surface area contributed by atoms with E-state index < -0.39 is 28.5 Å². The third-order valence-corrected chi connectivity index (χ3v) is 4.78. The van der Waals surface area contributed by atoms with Crippen LogP contribution in [-0.4, -0.2) is 50.5 Å². The number of hydrogen-bond acceptors (Lipinski definition) is 5. The Balaban J connectivity index is 3.23. The van der Waals surface area contributed by atoms with Gasteiger partial charge in [0.2, 0.25) is 10.0 Å². The highest BCUT2D eigenvalue weighted by atomic mass is 32.2. The summed E-state index contributed by atoms with van der Waals surface area (Å²) < 4.78 is 29.8. The number of esters is 1. The minimum absolute atomic E-state index is 0.0648. The molecule has 21 heavy (non-hydrogen) atoms. The van der Waals surface area contributed by atoms with Crippen molar-refractivity contribution in [1.82, 2.24) is 4.31 Å². The molecule has 0 spiro atoms. The third kappa shape index (κ3) is 3.79. The van der Waals surface area contributed by atoms with Gasteiger partial charge in [0.1, 0.15) is 6.54 Å². The molecule has 0 heterocycles. The SMILES string of the molecule is CCc1ccc(S(=O)(=O)N(C)CC(=O)OC)cc1C(=O)O. The van der Waals surface area contributed by atoms with Crippen molar-refractivity contribution in [2.24, 2.45) is 0 Å². The van der Waals surface area contributed by atoms with Crippen molar-refractivity contribution in [3.05, 3.63) is 29.3 Å². The molecule has 8 heteroatoms. The van der Waals surface area contributed by atoms with Gasteiger partial charge in [-0.3, -0.25) is 4.79 Å². The van der Waals surface area contributed by atoms with Crippen LogP contribution in [0.2, 0.25) is 0 Å². The standard InChI is InChI=1S/C13H17NO6S/c1-4-9-5-6-10(7-11(9)13(16)17)21(18,19)14(2)8-12(15)20-3/h5-7H,4,8H2,1-3H3,(H,16,17). The van der Waals surface area contributed by atoms with Gasteiger partial charge in [-0.1, -0.05) is 13.0 Å². The van der Waals surface area contributed by atoms with Crippen molar-refractivity contribution in [1.29, 1.82) is 0 Å². The molecule has 0 aliphatic rings. The topological polar surface area (TPSA) is 101 Å². The maximum absolute atomic E-state index is 12.3. The first-order valence-corrected chi connectivity index (χ1v) is 7.57. The number of aromatic carboxylic acids is 1. The van der Waals surface area contributed by atoms with Gasteiger partial charge in [-0.25, -0.2) is 13.2 Å². The highest BCUT2D eigenvalue weighted by molar-refractivity contribution is 7.89. The van der Waals surface area contributed by atoms with Crippen molar-refractivity contribution in [3.63, 3.8) is 0 Å². The summed E-state index contributed by atoms with van der Waals surface area (Å²) in [5.41, 5.74) is 0.474. The fourth-order valence-electron chi connectivity index (χ4n) is 1.73. The Morgan fingerprint density at radius 3 is 2.43 bits per heavy atom. The predicted octanol–water partition coefficient (Wildman–Crippen LogP) is 0.741. The van der Waals surface area contributed by atoms with Crippen LogP contribution >= 0.6 is 0 Å². The lowest BCUT2D eigenvalue weighted by atomic mass is 10.1. The van der Waals surface area contributed by atoms with Crippen molar-refractivity contribution >= 4 is 22.0 Å². The molecule has 0 unspecified atom stereocenters. The minimum Gasteiger partial charge on any atom is -0.478 e. The first kappa shape index (κ1) is 17.1. The summed E-state index contributed by atoms with van der Waals surface area (Å²) in [6, 6.07) is 3.89. The molecule has 0 atom stereocenters. The zero-order valence-electron chi connectivity index (χ0n) is 12.0. The minimum atomic E-state index is -3.96. The number of aryl methyl sites for hydroxylation is 1. The largest absolute Gasteiger partial charge is 0.478 e. The first-order valence-electron chi connectivity index (χ1n) is 6.13. The van der Waals surface area contributed by atoms with E-state index in [-0.39, 0.29) is 10.5 Å². The van der Waals surface area contributed by atoms with Crippen LogP contribution in [-0.2, 0) is 26.0 Å². The molecule has 0 bridgehead atoms. The Bertz CT molecular complexity index is 653. The summed E-state index contributed by atoms with van der Waals surface area (Å²) in [5, 5.41) is 9.13. The molecular formula is C13H17NO6S. The second kappa shape index (κ2) is 6.68. The number of ether oxygens (including phenoxy) is 1. The van der Waals surface area contributed by atoms with Crippen LogP contribution in [0.1, 0.15) is 22.8 Å². The van der Waals surface area contributed by atoms with Gasteiger partial charge >= 0.3 is 11.9 Å². The number of carboxylic acid groups (broad SMARTS) is 1. The predicted molar refractivity (Wildman–Crippen MR) is 74.6 cm³/mol. The Morgan fingerprint density at radius 1 is 1.33 bits per heavy atom. The summed E-state index contributed by atoms with van der Waals surface area (Å²) >= 11 is 0. The van der Waals surface area contributed by atoms with Gasteiger partial charge in [-0.15, -0.1) is 0 Å². The summed E-state index contributed by atoms with van der Waals surface area (Å²) in [7, 11) is -1.58. The van der Waals surface area contributed by atoms with Gasteiger partial charge in [-0.05, 0) is 24.1 Å². The Morgan fingerprint density at radius 2 is 1.95 bits per heavy atom. The molecule has 0 fully saturated rings. The second-order valence-electron chi connectivity index (χ2n) is 4.31. The van der Waals surface area contributed by atoms with E-state index in [9.17, 15) is 18.0 Å². The molecule has 1 aromatic carbocycles. The molecule has 0 aromatic heterocycles. The monoisotopic (exact) mass is 315 g/mol. The van der Waals surface area contributed by atoms with Gasteiger partial charge in [0, 0.05) is 7.05 Å². The zero-order chi connectivity index (χ0) is 16.2. The van der Waals surface area contributed by atoms with Crippen LogP contribution in [0.15, 0.2) is 23.1 Å². The molecule has 0 saturated heterocycles. The number of hydrogen-bond donors (Lipinski definition) is 1. The van der Waals surface area contributed by atoms with Crippen LogP contribution in [0.4, 0.5) is 0 Å². The summed E-state index contributed by atoms with van der Waals surface area (Å²) in [4.78, 5) is 22.1. The average molecular weight is 315 g/mol. The fraction of sp³-hybridized carbons (Fsp3) is 0.385. The number of benzene rings is 1. The number of nitrogens with zero attached hydrogens (tertiary/aromatic N) is 1. The van der Waals surface area contributed by atoms with Gasteiger partial charge in [0.25, 0.3) is 0 Å². The van der Waals surface area contributed by atoms with Crippen molar-refractivity contribution in [2.75, 3.05) is 20.7 Å². The highest BCUT2D eigenvalue weighted by Crippen LogP contribution is 2.19. The second-order valence-corrected chi connectivity index (χ2v) is 6.36. The lowest BCUT2D eigenvalue weighted by Crippen LogP contribution is -2.32. The lowest BCUT2D eigenvalue weighted by Gasteiger charge is -2.16. The Labute approximate surface area is 123 Å². The van der Waals surface area contributed by atoms with E-state index in [1.807, 2.05) is 0 Å². The molecule has 0 aliphatic carbocycles. The molecule has 0 saturated carbocycles. The molecule has 116 valence electrons. The Kier molecular flexibility index (Phi) is 5.45. The molecule has 1 rings (SSSR count). The summed E-state index contributed by atoms with van der Waals surface area (Å²) in [6.07, 6.45) is 0.472. The van der Waals surface area contributed by atoms with E-state index in [4.69, 9.17) is 5.11 Å². The van der Waals surface area contributed by atoms with E-state index in [2.05, 4.69) is 4.74 Å². The normalized spacial score (nSPS) is 11.4. The number of carboxylic acids is 1. The molecule has 0 amide bonds. The number of carbonyl (C=O) groups is 2. The van der Waals surface area contributed by atoms with Gasteiger partial charge in [0.05, 0.1) is 17.6 Å². The number of likely N-dealkylation sites (N-methyl/N-ethyl adjacent to an activating group) is 1. The Hall–Kier alpha value is -1.93. The maximum atomic E-state index is 12.3. The number of methoxy groups -OCH3 is 1. The van der Waals surface area contributed by atoms with Crippen molar-refractivity contribution in [2.45, 2.75) is 18.2 Å². The van der Waals surface area contributed by atoms with Crippen LogP contribution < -0.4 is 0 Å². The van der Waals surface area contributed by atoms with E-state index in [0.717, 1.165) is 17.5 Å². The lowest BCUT2D eigenvalue weighted by molar-refractivity contribution is -0.140. The first-order chi connectivity index (χ1) is 9.73. The van der Waals surface area contributed by atoms with Gasteiger partial charge in [0.15, 0.2) is 0 Å².